The van der Waals surface area contributed by atoms with Crippen LogP contribution in [-0.4, -0.2) is 14.3 Å². The van der Waals surface area contributed by atoms with E-state index in [-0.39, 0.29) is 0 Å². The zero-order valence-electron chi connectivity index (χ0n) is 13.0. The Morgan fingerprint density at radius 1 is 1.18 bits per heavy atom. The molecule has 0 amide bonds. The fourth-order valence-corrected chi connectivity index (χ4v) is 3.25. The van der Waals surface area contributed by atoms with E-state index in [9.17, 15) is 0 Å². The number of para-hydroxylation sites is 1. The molecule has 22 heavy (non-hydrogen) atoms. The van der Waals surface area contributed by atoms with Crippen molar-refractivity contribution in [1.29, 1.82) is 0 Å². The first kappa shape index (κ1) is 13.3. The van der Waals surface area contributed by atoms with Gasteiger partial charge in [-0.1, -0.05) is 25.1 Å². The van der Waals surface area contributed by atoms with E-state index in [1.165, 1.54) is 22.8 Å². The molecule has 112 valence electrons. The lowest BCUT2D eigenvalue weighted by molar-refractivity contribution is 0.565. The van der Waals surface area contributed by atoms with Crippen molar-refractivity contribution in [3.05, 3.63) is 65.6 Å². The Labute approximate surface area is 130 Å². The first-order valence-corrected chi connectivity index (χ1v) is 7.86. The molecule has 4 rings (SSSR count). The zero-order valence-corrected chi connectivity index (χ0v) is 13.0. The van der Waals surface area contributed by atoms with Crippen LogP contribution in [0.1, 0.15) is 36.8 Å². The topological polar surface area (TPSA) is 34.8 Å². The van der Waals surface area contributed by atoms with Crippen LogP contribution in [0.2, 0.25) is 0 Å². The van der Waals surface area contributed by atoms with E-state index in [1.807, 2.05) is 6.07 Å². The third-order valence-corrected chi connectivity index (χ3v) is 4.41. The molecule has 1 atom stereocenters. The van der Waals surface area contributed by atoms with Gasteiger partial charge >= 0.3 is 0 Å². The molecule has 2 aromatic heterocycles. The van der Waals surface area contributed by atoms with Crippen LogP contribution in [0, 0.1) is 0 Å². The Morgan fingerprint density at radius 2 is 2.00 bits per heavy atom. The summed E-state index contributed by atoms with van der Waals surface area (Å²) in [5.74, 6) is 1.17. The first-order valence-electron chi connectivity index (χ1n) is 7.86. The molecule has 0 saturated heterocycles. The van der Waals surface area contributed by atoms with Crippen molar-refractivity contribution in [3.63, 3.8) is 0 Å². The fraction of sp³-hybridized carbons (Fsp3) is 0.278. The average molecular weight is 292 g/mol. The maximum Gasteiger partial charge on any atom is 0.145 e. The van der Waals surface area contributed by atoms with E-state index < -0.39 is 0 Å². The standard InChI is InChI=1S/C18H20N4/c1-3-16-15-12-19-13(2)17-10-7-11-21(17)18(15)22(20-16)14-8-5-4-6-9-14/h4-11,13,19H,3,12H2,1-2H3. The Hall–Kier alpha value is -2.33. The van der Waals surface area contributed by atoms with Gasteiger partial charge in [0.2, 0.25) is 0 Å². The number of benzene rings is 1. The molecule has 4 nitrogen and oxygen atoms in total. The number of aryl methyl sites for hydroxylation is 1. The third-order valence-electron chi connectivity index (χ3n) is 4.41. The van der Waals surface area contributed by atoms with Crippen molar-refractivity contribution < 1.29 is 0 Å². The molecule has 3 aromatic rings. The van der Waals surface area contributed by atoms with Gasteiger partial charge in [-0.15, -0.1) is 0 Å². The summed E-state index contributed by atoms with van der Waals surface area (Å²) in [6.07, 6.45) is 3.08. The molecule has 1 unspecified atom stereocenters. The van der Waals surface area contributed by atoms with Crippen molar-refractivity contribution in [2.24, 2.45) is 0 Å². The zero-order chi connectivity index (χ0) is 15.1. The summed E-state index contributed by atoms with van der Waals surface area (Å²) in [6.45, 7) is 5.24. The minimum absolute atomic E-state index is 0.330. The van der Waals surface area contributed by atoms with E-state index in [0.29, 0.717) is 6.04 Å². The lowest BCUT2D eigenvalue weighted by atomic mass is 10.2. The van der Waals surface area contributed by atoms with Crippen LogP contribution >= 0.6 is 0 Å². The molecule has 0 spiro atoms. The van der Waals surface area contributed by atoms with E-state index >= 15 is 0 Å². The summed E-state index contributed by atoms with van der Waals surface area (Å²) in [5.41, 5.74) is 4.85. The number of nitrogens with zero attached hydrogens (tertiary/aromatic N) is 3. The van der Waals surface area contributed by atoms with Crippen LogP contribution in [-0.2, 0) is 13.0 Å². The molecule has 1 aliphatic heterocycles. The molecule has 0 radical (unpaired) electrons. The average Bonchev–Trinajstić information content (AvgIpc) is 3.14. The number of hydrogen-bond donors (Lipinski definition) is 1. The SMILES string of the molecule is CCc1nn(-c2ccccc2)c2c1CNC(C)c1cccn1-2. The van der Waals surface area contributed by atoms with Gasteiger partial charge < -0.3 is 9.88 Å². The van der Waals surface area contributed by atoms with Crippen molar-refractivity contribution in [1.82, 2.24) is 19.7 Å². The maximum absolute atomic E-state index is 4.88. The molecule has 1 N–H and O–H groups in total. The van der Waals surface area contributed by atoms with Crippen LogP contribution in [0.4, 0.5) is 0 Å². The Balaban J connectivity index is 2.01. The highest BCUT2D eigenvalue weighted by Gasteiger charge is 2.25. The molecule has 0 saturated carbocycles. The van der Waals surface area contributed by atoms with Gasteiger partial charge in [-0.3, -0.25) is 0 Å². The normalized spacial score (nSPS) is 16.9. The number of rotatable bonds is 2. The summed E-state index contributed by atoms with van der Waals surface area (Å²) < 4.78 is 4.36. The smallest absolute Gasteiger partial charge is 0.145 e. The predicted octanol–water partition coefficient (Wildman–Crippen LogP) is 3.39. The van der Waals surface area contributed by atoms with Crippen molar-refractivity contribution >= 4 is 0 Å². The van der Waals surface area contributed by atoms with Crippen LogP contribution in [0.15, 0.2) is 48.7 Å². The molecular formula is C18H20N4. The van der Waals surface area contributed by atoms with Gasteiger partial charge in [0.05, 0.1) is 11.4 Å². The Bertz CT molecular complexity index is 798. The summed E-state index contributed by atoms with van der Waals surface area (Å²) in [7, 11) is 0. The maximum atomic E-state index is 4.88. The quantitative estimate of drug-likeness (QED) is 0.785. The lowest BCUT2D eigenvalue weighted by Gasteiger charge is -2.13. The number of fused-ring (bicyclic) bond motifs is 3. The van der Waals surface area contributed by atoms with Crippen molar-refractivity contribution in [2.45, 2.75) is 32.9 Å². The second-order valence-corrected chi connectivity index (χ2v) is 5.76. The molecule has 4 heteroatoms. The first-order chi connectivity index (χ1) is 10.8. The summed E-state index contributed by atoms with van der Waals surface area (Å²) in [4.78, 5) is 0. The number of nitrogens with one attached hydrogen (secondary N) is 1. The second kappa shape index (κ2) is 5.14. The van der Waals surface area contributed by atoms with E-state index in [0.717, 1.165) is 18.7 Å². The highest BCUT2D eigenvalue weighted by molar-refractivity contribution is 5.48. The molecule has 1 aromatic carbocycles. The van der Waals surface area contributed by atoms with Crippen LogP contribution in [0.25, 0.3) is 11.5 Å². The van der Waals surface area contributed by atoms with Gasteiger partial charge in [0, 0.05) is 30.0 Å². The molecule has 0 aliphatic carbocycles. The van der Waals surface area contributed by atoms with Gasteiger partial charge in [0.15, 0.2) is 0 Å². The fourth-order valence-electron chi connectivity index (χ4n) is 3.25. The molecule has 1 aliphatic rings. The van der Waals surface area contributed by atoms with Crippen LogP contribution in [0.5, 0.6) is 0 Å². The van der Waals surface area contributed by atoms with Gasteiger partial charge in [-0.2, -0.15) is 5.10 Å². The molecule has 3 heterocycles. The molecule has 0 bridgehead atoms. The van der Waals surface area contributed by atoms with E-state index in [4.69, 9.17) is 5.10 Å². The van der Waals surface area contributed by atoms with Gasteiger partial charge in [0.25, 0.3) is 0 Å². The third kappa shape index (κ3) is 1.91. The highest BCUT2D eigenvalue weighted by atomic mass is 15.4. The largest absolute Gasteiger partial charge is 0.305 e. The monoisotopic (exact) mass is 292 g/mol. The summed E-state index contributed by atoms with van der Waals surface area (Å²) in [5, 5.41) is 8.49. The molecule has 0 fully saturated rings. The van der Waals surface area contributed by atoms with Gasteiger partial charge in [-0.05, 0) is 37.6 Å². The highest BCUT2D eigenvalue weighted by Crippen LogP contribution is 2.30. The molecular weight excluding hydrogens is 272 g/mol. The minimum Gasteiger partial charge on any atom is -0.305 e. The summed E-state index contributed by atoms with van der Waals surface area (Å²) in [6, 6.07) is 15.0. The number of aromatic nitrogens is 3. The number of hydrogen-bond acceptors (Lipinski definition) is 2. The summed E-state index contributed by atoms with van der Waals surface area (Å²) >= 11 is 0. The minimum atomic E-state index is 0.330. The van der Waals surface area contributed by atoms with Crippen LogP contribution in [0.3, 0.4) is 0 Å². The Morgan fingerprint density at radius 3 is 2.77 bits per heavy atom. The van der Waals surface area contributed by atoms with Crippen molar-refractivity contribution in [2.75, 3.05) is 0 Å². The van der Waals surface area contributed by atoms with Gasteiger partial charge in [-0.25, -0.2) is 4.68 Å². The van der Waals surface area contributed by atoms with Crippen molar-refractivity contribution in [3.8, 4) is 11.5 Å². The predicted molar refractivity (Wildman–Crippen MR) is 87.5 cm³/mol. The lowest BCUT2D eigenvalue weighted by Crippen LogP contribution is -2.17. The Kier molecular flexibility index (Phi) is 3.12. The van der Waals surface area contributed by atoms with E-state index in [2.05, 4.69) is 71.0 Å². The van der Waals surface area contributed by atoms with Gasteiger partial charge in [0.1, 0.15) is 5.82 Å². The second-order valence-electron chi connectivity index (χ2n) is 5.76. The van der Waals surface area contributed by atoms with E-state index in [1.54, 1.807) is 0 Å². The van der Waals surface area contributed by atoms with Crippen LogP contribution < -0.4 is 5.32 Å².